The normalized spacial score (nSPS) is 18.6. The van der Waals surface area contributed by atoms with E-state index < -0.39 is 4.92 Å². The van der Waals surface area contributed by atoms with E-state index in [-0.39, 0.29) is 17.3 Å². The van der Waals surface area contributed by atoms with Gasteiger partial charge in [0.1, 0.15) is 5.69 Å². The summed E-state index contributed by atoms with van der Waals surface area (Å²) in [6, 6.07) is 4.22. The molecule has 6 heteroatoms. The first kappa shape index (κ1) is 13.3. The maximum Gasteiger partial charge on any atom is 0.292 e. The van der Waals surface area contributed by atoms with Crippen molar-refractivity contribution < 1.29 is 9.72 Å². The monoisotopic (exact) mass is 263 g/mol. The lowest BCUT2D eigenvalue weighted by Crippen LogP contribution is -2.28. The second-order valence-corrected chi connectivity index (χ2v) is 4.84. The molecule has 1 aliphatic rings. The summed E-state index contributed by atoms with van der Waals surface area (Å²) in [5.74, 6) is 0.381. The molecule has 1 saturated heterocycles. The van der Waals surface area contributed by atoms with Crippen molar-refractivity contribution in [2.24, 2.45) is 5.92 Å². The van der Waals surface area contributed by atoms with Crippen LogP contribution < -0.4 is 5.73 Å². The Morgan fingerprint density at radius 1 is 1.58 bits per heavy atom. The smallest absolute Gasteiger partial charge is 0.292 e. The Morgan fingerprint density at radius 2 is 2.32 bits per heavy atom. The van der Waals surface area contributed by atoms with E-state index in [1.807, 2.05) is 0 Å². The lowest BCUT2D eigenvalue weighted by atomic mass is 10.1. The van der Waals surface area contributed by atoms with Crippen LogP contribution in [0, 0.1) is 16.0 Å². The fourth-order valence-corrected chi connectivity index (χ4v) is 2.37. The minimum Gasteiger partial charge on any atom is -0.393 e. The van der Waals surface area contributed by atoms with E-state index in [0.29, 0.717) is 11.5 Å². The highest BCUT2D eigenvalue weighted by Crippen LogP contribution is 2.25. The zero-order chi connectivity index (χ0) is 14.0. The molecule has 1 fully saturated rings. The molecule has 19 heavy (non-hydrogen) atoms. The van der Waals surface area contributed by atoms with E-state index in [1.165, 1.54) is 12.1 Å². The summed E-state index contributed by atoms with van der Waals surface area (Å²) >= 11 is 0. The first-order chi connectivity index (χ1) is 9.02. The van der Waals surface area contributed by atoms with Gasteiger partial charge in [0.25, 0.3) is 11.6 Å². The second-order valence-electron chi connectivity index (χ2n) is 4.84. The number of carbonyl (C=O) groups excluding carboxylic acids is 1. The average molecular weight is 263 g/mol. The molecule has 102 valence electrons. The fourth-order valence-electron chi connectivity index (χ4n) is 2.37. The van der Waals surface area contributed by atoms with Crippen molar-refractivity contribution in [3.05, 3.63) is 33.9 Å². The fraction of sp³-hybridized carbons (Fsp3) is 0.462. The lowest BCUT2D eigenvalue weighted by molar-refractivity contribution is -0.383. The van der Waals surface area contributed by atoms with Crippen LogP contribution in [0.15, 0.2) is 18.2 Å². The van der Waals surface area contributed by atoms with Crippen LogP contribution in [0.25, 0.3) is 0 Å². The number of nitrogen functional groups attached to an aromatic ring is 1. The molecule has 1 heterocycles. The van der Waals surface area contributed by atoms with E-state index in [4.69, 9.17) is 5.73 Å². The van der Waals surface area contributed by atoms with Gasteiger partial charge in [0.2, 0.25) is 0 Å². The minimum absolute atomic E-state index is 0.0782. The molecule has 0 aromatic heterocycles. The predicted octanol–water partition coefficient (Wildman–Crippen LogP) is 2.05. The molecule has 0 radical (unpaired) electrons. The van der Waals surface area contributed by atoms with Crippen molar-refractivity contribution >= 4 is 17.3 Å². The molecular weight excluding hydrogens is 246 g/mol. The number of nitrogens with two attached hydrogens (primary N) is 1. The van der Waals surface area contributed by atoms with E-state index in [1.54, 1.807) is 11.0 Å². The summed E-state index contributed by atoms with van der Waals surface area (Å²) in [6.07, 6.45) is 2.05. The summed E-state index contributed by atoms with van der Waals surface area (Å²) in [7, 11) is 0. The Labute approximate surface area is 111 Å². The van der Waals surface area contributed by atoms with Crippen LogP contribution in [0.1, 0.15) is 30.1 Å². The first-order valence-corrected chi connectivity index (χ1v) is 6.36. The second kappa shape index (κ2) is 5.26. The third-order valence-corrected chi connectivity index (χ3v) is 3.62. The maximum absolute atomic E-state index is 12.3. The Morgan fingerprint density at radius 3 is 2.89 bits per heavy atom. The van der Waals surface area contributed by atoms with Crippen molar-refractivity contribution in [3.8, 4) is 0 Å². The Bertz CT molecular complexity index is 516. The van der Waals surface area contributed by atoms with Gasteiger partial charge in [-0.3, -0.25) is 14.9 Å². The molecule has 2 rings (SSSR count). The number of anilines is 1. The summed E-state index contributed by atoms with van der Waals surface area (Å²) in [5, 5.41) is 10.8. The molecule has 1 aromatic rings. The third kappa shape index (κ3) is 2.67. The van der Waals surface area contributed by atoms with Gasteiger partial charge >= 0.3 is 0 Å². The van der Waals surface area contributed by atoms with Crippen molar-refractivity contribution in [1.82, 2.24) is 4.90 Å². The number of rotatable bonds is 3. The van der Waals surface area contributed by atoms with Gasteiger partial charge in [-0.2, -0.15) is 0 Å². The van der Waals surface area contributed by atoms with E-state index in [9.17, 15) is 14.9 Å². The van der Waals surface area contributed by atoms with Crippen LogP contribution in [0.4, 0.5) is 11.4 Å². The SMILES string of the molecule is CCC1CCN(C(=O)c2ccc(N)c([N+](=O)[O-])c2)C1. The van der Waals surface area contributed by atoms with Crippen molar-refractivity contribution in [1.29, 1.82) is 0 Å². The van der Waals surface area contributed by atoms with Gasteiger partial charge in [0.15, 0.2) is 0 Å². The molecule has 0 bridgehead atoms. The molecule has 1 unspecified atom stereocenters. The minimum atomic E-state index is -0.565. The highest BCUT2D eigenvalue weighted by Gasteiger charge is 2.27. The van der Waals surface area contributed by atoms with Crippen LogP contribution in [0.3, 0.4) is 0 Å². The Hall–Kier alpha value is -2.11. The summed E-state index contributed by atoms with van der Waals surface area (Å²) in [6.45, 7) is 3.55. The van der Waals surface area contributed by atoms with Gasteiger partial charge in [0.05, 0.1) is 4.92 Å². The number of nitro groups is 1. The highest BCUT2D eigenvalue weighted by molar-refractivity contribution is 5.95. The van der Waals surface area contributed by atoms with Gasteiger partial charge in [-0.15, -0.1) is 0 Å². The molecule has 1 amide bonds. The van der Waals surface area contributed by atoms with Crippen molar-refractivity contribution in [2.45, 2.75) is 19.8 Å². The Balaban J connectivity index is 2.20. The highest BCUT2D eigenvalue weighted by atomic mass is 16.6. The summed E-state index contributed by atoms with van der Waals surface area (Å²) in [5.41, 5.74) is 5.72. The maximum atomic E-state index is 12.3. The summed E-state index contributed by atoms with van der Waals surface area (Å²) < 4.78 is 0. The van der Waals surface area contributed by atoms with E-state index >= 15 is 0 Å². The van der Waals surface area contributed by atoms with E-state index in [2.05, 4.69) is 6.92 Å². The number of hydrogen-bond acceptors (Lipinski definition) is 4. The van der Waals surface area contributed by atoms with E-state index in [0.717, 1.165) is 25.9 Å². The topological polar surface area (TPSA) is 89.5 Å². The molecule has 1 atom stereocenters. The van der Waals surface area contributed by atoms with Gasteiger partial charge < -0.3 is 10.6 Å². The molecule has 0 spiro atoms. The first-order valence-electron chi connectivity index (χ1n) is 6.36. The number of hydrogen-bond donors (Lipinski definition) is 1. The zero-order valence-electron chi connectivity index (χ0n) is 10.8. The standard InChI is InChI=1S/C13H17N3O3/c1-2-9-5-6-15(8-9)13(17)10-3-4-11(14)12(7-10)16(18)19/h3-4,7,9H,2,5-6,8,14H2,1H3. The quantitative estimate of drug-likeness (QED) is 0.513. The molecular formula is C13H17N3O3. The molecule has 0 saturated carbocycles. The van der Waals surface area contributed by atoms with Gasteiger partial charge in [-0.25, -0.2) is 0 Å². The number of likely N-dealkylation sites (tertiary alicyclic amines) is 1. The van der Waals surface area contributed by atoms with Gasteiger partial charge in [-0.1, -0.05) is 13.3 Å². The summed E-state index contributed by atoms with van der Waals surface area (Å²) in [4.78, 5) is 24.3. The third-order valence-electron chi connectivity index (χ3n) is 3.62. The van der Waals surface area contributed by atoms with Crippen LogP contribution in [-0.2, 0) is 0 Å². The van der Waals surface area contributed by atoms with Crippen molar-refractivity contribution in [2.75, 3.05) is 18.8 Å². The molecule has 2 N–H and O–H groups in total. The van der Waals surface area contributed by atoms with Crippen molar-refractivity contribution in [3.63, 3.8) is 0 Å². The number of nitrogens with zero attached hydrogens (tertiary/aromatic N) is 2. The zero-order valence-corrected chi connectivity index (χ0v) is 10.8. The van der Waals surface area contributed by atoms with Crippen LogP contribution >= 0.6 is 0 Å². The van der Waals surface area contributed by atoms with Gasteiger partial charge in [-0.05, 0) is 24.5 Å². The number of amides is 1. The van der Waals surface area contributed by atoms with Crippen LogP contribution in [-0.4, -0.2) is 28.8 Å². The van der Waals surface area contributed by atoms with Gasteiger partial charge in [0, 0.05) is 24.7 Å². The predicted molar refractivity (Wildman–Crippen MR) is 71.8 cm³/mol. The largest absolute Gasteiger partial charge is 0.393 e. The molecule has 1 aliphatic heterocycles. The molecule has 6 nitrogen and oxygen atoms in total. The Kier molecular flexibility index (Phi) is 3.69. The number of nitro benzene ring substituents is 1. The molecule has 1 aromatic carbocycles. The van der Waals surface area contributed by atoms with Crippen LogP contribution in [0.2, 0.25) is 0 Å². The molecule has 0 aliphatic carbocycles. The number of benzene rings is 1. The lowest BCUT2D eigenvalue weighted by Gasteiger charge is -2.16. The van der Waals surface area contributed by atoms with Crippen LogP contribution in [0.5, 0.6) is 0 Å². The average Bonchev–Trinajstić information content (AvgIpc) is 2.87. The number of carbonyl (C=O) groups is 1.